The summed E-state index contributed by atoms with van der Waals surface area (Å²) in [6, 6.07) is 91.6. The smallest absolute Gasteiger partial charge is 0.143 e. The molecule has 11 aromatic carbocycles. The molecule has 0 radical (unpaired) electrons. The summed E-state index contributed by atoms with van der Waals surface area (Å²) in [4.78, 5) is 5.46. The van der Waals surface area contributed by atoms with Crippen LogP contribution in [0.1, 0.15) is 267 Å². The van der Waals surface area contributed by atoms with E-state index in [1.54, 1.807) is 13.2 Å². The lowest BCUT2D eigenvalue weighted by molar-refractivity contribution is 0.409. The zero-order valence-corrected chi connectivity index (χ0v) is 81.8. The van der Waals surface area contributed by atoms with Crippen molar-refractivity contribution in [1.82, 2.24) is 14.1 Å². The SMILES string of the molecule is CC(C)(C)c1cccc2c1oc1c(-c3ccccc3)cccc12.CC(C)(C)c1cccc2c3ccccc3n(-c3ccccc3)c12.CC(C)(C)c1ccccc1-n1c2ccccc2c2ccccc21.CC(C)(C)c1ccco1.CC(C)(C)c1cccs1.Cc1ccc(C(C)(C)C)cc1C.[2H]c1c([2H])c(C(C)(C)C)c(C)c([2H])c1C(C)(C)C.[2H]c1nc(C(C)(C)C)c([2H])c(C)c1[2H]. The molecule has 0 aliphatic heterocycles. The minimum absolute atomic E-state index is 0.0385. The number of aromatic nitrogens is 3. The summed E-state index contributed by atoms with van der Waals surface area (Å²) in [7, 11) is 0. The fourth-order valence-corrected chi connectivity index (χ4v) is 16.0. The molecule has 0 aliphatic carbocycles. The molecule has 17 rings (SSSR count). The van der Waals surface area contributed by atoms with E-state index in [0.29, 0.717) is 34.3 Å². The van der Waals surface area contributed by atoms with Gasteiger partial charge in [0.05, 0.1) is 36.6 Å². The lowest BCUT2D eigenvalue weighted by atomic mass is 9.80. The molecular formula is C119H143N3O2S. The van der Waals surface area contributed by atoms with Gasteiger partial charge in [0.15, 0.2) is 0 Å². The summed E-state index contributed by atoms with van der Waals surface area (Å²) in [6.07, 6.45) is 1.67. The average Bonchev–Trinajstić information content (AvgIpc) is 1.60. The van der Waals surface area contributed by atoms with Gasteiger partial charge in [-0.3, -0.25) is 4.98 Å². The molecule has 0 atom stereocenters. The fourth-order valence-electron chi connectivity index (χ4n) is 15.2. The van der Waals surface area contributed by atoms with Crippen LogP contribution in [0.5, 0.6) is 0 Å². The number of para-hydroxylation sites is 8. The molecule has 0 spiro atoms. The first kappa shape index (κ1) is 87.4. The molecule has 6 heteroatoms. The third kappa shape index (κ3) is 24.4. The summed E-state index contributed by atoms with van der Waals surface area (Å²) < 4.78 is 64.0. The Morgan fingerprint density at radius 3 is 1.30 bits per heavy atom. The first-order valence-corrected chi connectivity index (χ1v) is 45.2. The van der Waals surface area contributed by atoms with Gasteiger partial charge in [0, 0.05) is 82.4 Å². The standard InChI is InChI=1S/2C22H21N.C22H20O.C15H24.C12H18.C10H15N.C8H12O.C8H12S/c1-22(2,3)18-12-6-9-15-21(18)23-19-13-7-4-10-16(19)17-11-5-8-14-20(17)23;1-22(2,3)19-14-9-13-18-17-12-7-8-15-20(17)23(21(18)19)16-10-5-4-6-11-16;1-22(2,3)19-14-8-13-18-17-12-7-11-16(20(17)23-21(18)19)15-9-5-4-6-10-15;1-11-10-12(14(2,3)4)8-9-13(11)15(5,6)7;1-9-6-7-11(8-10(9)2)12(3,4)5;1-8-5-6-11-9(7-8)10(2,3)4;2*1-8(2,3)7-5-4-6-9-7/h2*4-15H,1-3H3;4-14H,1-3H3;8-10H,1-7H3;6-8H,1-5H3;5-7H,1-4H3;2*4-6H,1-3H3/i;;;8D,9D,10D;;5D,6D,7D;;. The van der Waals surface area contributed by atoms with Gasteiger partial charge < -0.3 is 18.0 Å². The van der Waals surface area contributed by atoms with E-state index in [-0.39, 0.29) is 67.6 Å². The summed E-state index contributed by atoms with van der Waals surface area (Å²) in [5.41, 5.74) is 23.9. The van der Waals surface area contributed by atoms with E-state index in [9.17, 15) is 0 Å². The van der Waals surface area contributed by atoms with E-state index in [4.69, 9.17) is 17.1 Å². The number of fused-ring (bicyclic) bond motifs is 9. The predicted molar refractivity (Wildman–Crippen MR) is 548 cm³/mol. The van der Waals surface area contributed by atoms with E-state index in [0.717, 1.165) is 33.6 Å². The van der Waals surface area contributed by atoms with Crippen LogP contribution in [0.25, 0.3) is 88.1 Å². The second kappa shape index (κ2) is 39.2. The number of hydrogen-bond donors (Lipinski definition) is 0. The molecule has 0 saturated heterocycles. The van der Waals surface area contributed by atoms with Crippen LogP contribution in [-0.4, -0.2) is 14.1 Å². The molecule has 0 fully saturated rings. The summed E-state index contributed by atoms with van der Waals surface area (Å²) in [6.45, 7) is 66.1. The van der Waals surface area contributed by atoms with E-state index in [1.165, 1.54) is 110 Å². The number of aryl methyl sites for hydroxylation is 2. The van der Waals surface area contributed by atoms with Gasteiger partial charge in [0.1, 0.15) is 16.9 Å². The first-order valence-electron chi connectivity index (χ1n) is 47.3. The Morgan fingerprint density at radius 2 is 0.808 bits per heavy atom. The number of furan rings is 2. The van der Waals surface area contributed by atoms with Crippen LogP contribution < -0.4 is 0 Å². The van der Waals surface area contributed by atoms with Gasteiger partial charge in [-0.1, -0.05) is 405 Å². The average molecular weight is 1690 g/mol. The molecule has 652 valence electrons. The molecule has 0 N–H and O–H groups in total. The van der Waals surface area contributed by atoms with Gasteiger partial charge in [-0.15, -0.1) is 11.3 Å². The topological polar surface area (TPSA) is 49.0 Å². The molecule has 0 saturated carbocycles. The van der Waals surface area contributed by atoms with Crippen LogP contribution in [0.2, 0.25) is 0 Å². The highest BCUT2D eigenvalue weighted by atomic mass is 32.1. The zero-order valence-electron chi connectivity index (χ0n) is 87.0. The monoisotopic (exact) mass is 1680 g/mol. The quantitative estimate of drug-likeness (QED) is 0.177. The number of pyridine rings is 1. The molecule has 0 bridgehead atoms. The second-order valence-corrected chi connectivity index (χ2v) is 43.3. The normalized spacial score (nSPS) is 12.8. The molecule has 5 nitrogen and oxygen atoms in total. The maximum atomic E-state index is 8.31. The van der Waals surface area contributed by atoms with Gasteiger partial charge in [0.2, 0.25) is 0 Å². The third-order valence-electron chi connectivity index (χ3n) is 22.3. The third-order valence-corrected chi connectivity index (χ3v) is 23.6. The Morgan fingerprint density at radius 1 is 0.328 bits per heavy atom. The van der Waals surface area contributed by atoms with Gasteiger partial charge in [0.25, 0.3) is 0 Å². The molecule has 6 heterocycles. The van der Waals surface area contributed by atoms with Crippen LogP contribution in [0, 0.1) is 27.7 Å². The van der Waals surface area contributed by atoms with Crippen molar-refractivity contribution in [3.8, 4) is 22.5 Å². The highest BCUT2D eigenvalue weighted by Gasteiger charge is 2.27. The molecule has 0 unspecified atom stereocenters. The van der Waals surface area contributed by atoms with Crippen LogP contribution >= 0.6 is 11.3 Å². The predicted octanol–water partition coefficient (Wildman–Crippen LogP) is 35.2. The summed E-state index contributed by atoms with van der Waals surface area (Å²) in [5, 5.41) is 9.78. The van der Waals surface area contributed by atoms with E-state index in [1.807, 2.05) is 98.8 Å². The van der Waals surface area contributed by atoms with Crippen LogP contribution in [0.15, 0.2) is 312 Å². The minimum Gasteiger partial charge on any atom is -0.469 e. The van der Waals surface area contributed by atoms with Gasteiger partial charge >= 0.3 is 0 Å². The van der Waals surface area contributed by atoms with Crippen molar-refractivity contribution in [2.24, 2.45) is 0 Å². The first-order chi connectivity index (χ1) is 61.0. The zero-order chi connectivity index (χ0) is 96.8. The highest BCUT2D eigenvalue weighted by Crippen LogP contribution is 2.43. The Labute approximate surface area is 763 Å². The van der Waals surface area contributed by atoms with Crippen molar-refractivity contribution in [1.29, 1.82) is 0 Å². The summed E-state index contributed by atoms with van der Waals surface area (Å²) >= 11 is 1.83. The Bertz CT molecular complexity index is 6560. The van der Waals surface area contributed by atoms with Crippen molar-refractivity contribution in [2.75, 3.05) is 0 Å². The van der Waals surface area contributed by atoms with Gasteiger partial charge in [-0.2, -0.15) is 0 Å². The number of rotatable bonds is 3. The van der Waals surface area contributed by atoms with Crippen LogP contribution in [-0.2, 0) is 48.7 Å². The van der Waals surface area contributed by atoms with Crippen LogP contribution in [0.4, 0.5) is 0 Å². The van der Waals surface area contributed by atoms with Gasteiger partial charge in [-0.05, 0) is 193 Å². The molecule has 125 heavy (non-hydrogen) atoms. The Hall–Kier alpha value is -11.1. The Balaban J connectivity index is 0.000000159. The maximum Gasteiger partial charge on any atom is 0.143 e. The van der Waals surface area contributed by atoms with Crippen molar-refractivity contribution in [3.63, 3.8) is 0 Å². The van der Waals surface area contributed by atoms with Crippen molar-refractivity contribution in [2.45, 2.75) is 263 Å². The number of benzene rings is 11. The van der Waals surface area contributed by atoms with Crippen molar-refractivity contribution >= 4 is 76.9 Å². The lowest BCUT2D eigenvalue weighted by Crippen LogP contribution is -2.16. The lowest BCUT2D eigenvalue weighted by Gasteiger charge is -2.25. The van der Waals surface area contributed by atoms with Crippen LogP contribution in [0.3, 0.4) is 0 Å². The van der Waals surface area contributed by atoms with Gasteiger partial charge in [-0.25, -0.2) is 0 Å². The maximum absolute atomic E-state index is 8.31. The Kier molecular flexibility index (Phi) is 27.4. The van der Waals surface area contributed by atoms with Crippen molar-refractivity contribution < 1.29 is 17.1 Å². The van der Waals surface area contributed by atoms with Crippen molar-refractivity contribution in [3.05, 3.63) is 375 Å². The molecule has 17 aromatic rings. The largest absolute Gasteiger partial charge is 0.469 e. The molecule has 0 amide bonds. The second-order valence-electron chi connectivity index (χ2n) is 42.3. The molecule has 6 aromatic heterocycles. The fraction of sp³-hybridized carbons (Fsp3) is 0.336. The molecular weight excluding hydrogens is 1540 g/mol. The van der Waals surface area contributed by atoms with E-state index in [2.05, 4.69) is 395 Å². The summed E-state index contributed by atoms with van der Waals surface area (Å²) in [5.74, 6) is 1.04. The molecule has 0 aliphatic rings. The highest BCUT2D eigenvalue weighted by molar-refractivity contribution is 7.10. The number of hydrogen-bond acceptors (Lipinski definition) is 4. The minimum atomic E-state index is -0.273. The van der Waals surface area contributed by atoms with E-state index < -0.39 is 0 Å². The van der Waals surface area contributed by atoms with E-state index >= 15 is 0 Å². The number of thiophene rings is 1. The number of nitrogens with zero attached hydrogens (tertiary/aromatic N) is 3.